The van der Waals surface area contributed by atoms with E-state index in [4.69, 9.17) is 34.8 Å². The van der Waals surface area contributed by atoms with Crippen LogP contribution in [-0.2, 0) is 14.4 Å². The normalized spacial score (nSPS) is 15.3. The van der Waals surface area contributed by atoms with Crippen LogP contribution in [0, 0.1) is 11.8 Å². The smallest absolute Gasteiger partial charge is 0.261 e. The van der Waals surface area contributed by atoms with Crippen molar-refractivity contribution in [1.82, 2.24) is 15.5 Å². The van der Waals surface area contributed by atoms with Gasteiger partial charge in [0.25, 0.3) is 5.91 Å². The van der Waals surface area contributed by atoms with Crippen LogP contribution >= 0.6 is 46.1 Å². The number of alkyl halides is 1. The van der Waals surface area contributed by atoms with Crippen LogP contribution in [0.1, 0.15) is 36.9 Å². The Morgan fingerprint density at radius 2 is 1.93 bits per heavy atom. The summed E-state index contributed by atoms with van der Waals surface area (Å²) >= 11 is 18.2. The molecule has 30 heavy (non-hydrogen) atoms. The molecule has 2 N–H and O–H groups in total. The highest BCUT2D eigenvalue weighted by Crippen LogP contribution is 2.31. The van der Waals surface area contributed by atoms with Crippen molar-refractivity contribution in [3.05, 3.63) is 20.3 Å². The highest BCUT2D eigenvalue weighted by Gasteiger charge is 2.29. The van der Waals surface area contributed by atoms with Crippen molar-refractivity contribution >= 4 is 69.6 Å². The highest BCUT2D eigenvalue weighted by atomic mass is 35.5. The minimum atomic E-state index is -0.484. The number of thiophene rings is 1. The predicted molar refractivity (Wildman–Crippen MR) is 121 cm³/mol. The number of ketones is 1. The van der Waals surface area contributed by atoms with Crippen LogP contribution in [0.15, 0.2) is 6.07 Å². The molecule has 11 heteroatoms. The molecule has 168 valence electrons. The minimum absolute atomic E-state index is 0.118. The molecular weight excluding hydrogens is 473 g/mol. The second-order valence-corrected chi connectivity index (χ2v) is 9.70. The third-order valence-corrected chi connectivity index (χ3v) is 5.85. The number of nitrogens with zero attached hydrogens (tertiary/aromatic N) is 1. The summed E-state index contributed by atoms with van der Waals surface area (Å²) < 4.78 is 0.289. The standard InChI is InChI=1S/C15H16Cl3N3O4S.C4H10/c16-4-12(23)21(6-8-1-2-19-14(8)24)7-9(22)5-20-15(25)11-3-10(17)13(18)26-11;1-4(2)3/h3,8H,1-2,4-7H2,(H,19,24)(H,20,25);4H,1-3H3/t8-;/m0./s1. The number of hydrogen-bond donors (Lipinski definition) is 2. The average molecular weight is 499 g/mol. The van der Waals surface area contributed by atoms with Crippen molar-refractivity contribution in [2.45, 2.75) is 27.2 Å². The highest BCUT2D eigenvalue weighted by molar-refractivity contribution is 7.18. The van der Waals surface area contributed by atoms with Gasteiger partial charge in [-0.15, -0.1) is 22.9 Å². The Bertz CT molecular complexity index is 748. The summed E-state index contributed by atoms with van der Waals surface area (Å²) in [5.74, 6) is -1.28. The second-order valence-electron chi connectivity index (χ2n) is 7.37. The lowest BCUT2D eigenvalue weighted by molar-refractivity contribution is -0.134. The van der Waals surface area contributed by atoms with Crippen molar-refractivity contribution in [1.29, 1.82) is 0 Å². The SMILES string of the molecule is CC(C)C.O=C(CNC(=O)c1cc(Cl)c(Cl)s1)CN(C[C@@H]1CCNC1=O)C(=O)CCl. The van der Waals surface area contributed by atoms with Crippen LogP contribution < -0.4 is 10.6 Å². The number of hydrogen-bond acceptors (Lipinski definition) is 5. The Kier molecular flexibility index (Phi) is 11.7. The van der Waals surface area contributed by atoms with E-state index in [2.05, 4.69) is 31.4 Å². The zero-order valence-corrected chi connectivity index (χ0v) is 20.2. The molecule has 0 spiro atoms. The average Bonchev–Trinajstić information content (AvgIpc) is 3.23. The Morgan fingerprint density at radius 3 is 2.40 bits per heavy atom. The summed E-state index contributed by atoms with van der Waals surface area (Å²) in [6.45, 7) is 6.66. The second kappa shape index (κ2) is 13.1. The topological polar surface area (TPSA) is 95.6 Å². The zero-order valence-electron chi connectivity index (χ0n) is 17.1. The van der Waals surface area contributed by atoms with Crippen molar-refractivity contribution in [2.75, 3.05) is 32.1 Å². The van der Waals surface area contributed by atoms with Crippen LogP contribution in [0.5, 0.6) is 0 Å². The van der Waals surface area contributed by atoms with Crippen LogP contribution in [0.25, 0.3) is 0 Å². The number of nitrogens with one attached hydrogen (secondary N) is 2. The van der Waals surface area contributed by atoms with E-state index in [0.717, 1.165) is 17.3 Å². The molecule has 1 atom stereocenters. The summed E-state index contributed by atoms with van der Waals surface area (Å²) in [5, 5.41) is 5.40. The molecule has 1 aliphatic rings. The molecule has 1 aliphatic heterocycles. The van der Waals surface area contributed by atoms with Gasteiger partial charge in [0.15, 0.2) is 5.78 Å². The van der Waals surface area contributed by atoms with Crippen LogP contribution in [-0.4, -0.2) is 60.5 Å². The van der Waals surface area contributed by atoms with Gasteiger partial charge in [0.05, 0.1) is 28.9 Å². The third kappa shape index (κ3) is 9.20. The van der Waals surface area contributed by atoms with Gasteiger partial charge in [0.2, 0.25) is 11.8 Å². The quantitative estimate of drug-likeness (QED) is 0.538. The van der Waals surface area contributed by atoms with Gasteiger partial charge >= 0.3 is 0 Å². The first-order valence-electron chi connectivity index (χ1n) is 9.41. The van der Waals surface area contributed by atoms with Crippen molar-refractivity contribution < 1.29 is 19.2 Å². The number of Topliss-reactive ketones (excluding diaryl/α,β-unsaturated/α-hetero) is 1. The Balaban J connectivity index is 0.00000103. The van der Waals surface area contributed by atoms with Gasteiger partial charge in [0.1, 0.15) is 10.2 Å². The molecule has 2 heterocycles. The zero-order chi connectivity index (χ0) is 22.8. The lowest BCUT2D eigenvalue weighted by Crippen LogP contribution is -2.43. The molecule has 0 bridgehead atoms. The Morgan fingerprint density at radius 1 is 1.30 bits per heavy atom. The molecule has 1 saturated heterocycles. The van der Waals surface area contributed by atoms with E-state index >= 15 is 0 Å². The van der Waals surface area contributed by atoms with Gasteiger partial charge in [-0.05, 0) is 18.4 Å². The maximum absolute atomic E-state index is 12.1. The molecule has 1 aromatic rings. The molecule has 7 nitrogen and oxygen atoms in total. The van der Waals surface area contributed by atoms with Crippen LogP contribution in [0.3, 0.4) is 0 Å². The van der Waals surface area contributed by atoms with Crippen LogP contribution in [0.4, 0.5) is 0 Å². The molecule has 1 fully saturated rings. The lowest BCUT2D eigenvalue weighted by Gasteiger charge is -2.23. The summed E-state index contributed by atoms with van der Waals surface area (Å²) in [6, 6.07) is 1.41. The fourth-order valence-corrected chi connectivity index (χ4v) is 3.87. The van der Waals surface area contributed by atoms with Gasteiger partial charge in [-0.1, -0.05) is 44.0 Å². The maximum atomic E-state index is 12.1. The largest absolute Gasteiger partial charge is 0.356 e. The fourth-order valence-electron chi connectivity index (χ4n) is 2.42. The number of carbonyl (C=O) groups excluding carboxylic acids is 4. The van der Waals surface area contributed by atoms with Gasteiger partial charge in [-0.3, -0.25) is 19.2 Å². The molecule has 1 aromatic heterocycles. The van der Waals surface area contributed by atoms with E-state index < -0.39 is 11.8 Å². The summed E-state index contributed by atoms with van der Waals surface area (Å²) in [5.41, 5.74) is 0. The van der Waals surface area contributed by atoms with E-state index in [0.29, 0.717) is 13.0 Å². The summed E-state index contributed by atoms with van der Waals surface area (Å²) in [6.07, 6.45) is 0.593. The van der Waals surface area contributed by atoms with Crippen molar-refractivity contribution in [3.63, 3.8) is 0 Å². The van der Waals surface area contributed by atoms with Crippen LogP contribution in [0.2, 0.25) is 9.36 Å². The minimum Gasteiger partial charge on any atom is -0.356 e. The van der Waals surface area contributed by atoms with E-state index in [1.54, 1.807) is 0 Å². The molecule has 3 amide bonds. The molecule has 2 rings (SSSR count). The van der Waals surface area contributed by atoms with Gasteiger partial charge in [0, 0.05) is 13.1 Å². The molecule has 0 saturated carbocycles. The van der Waals surface area contributed by atoms with E-state index in [-0.39, 0.29) is 57.4 Å². The molecule has 0 radical (unpaired) electrons. The van der Waals surface area contributed by atoms with Crippen molar-refractivity contribution in [3.8, 4) is 0 Å². The number of amides is 3. The molecular formula is C19H26Cl3N3O4S. The monoisotopic (exact) mass is 497 g/mol. The lowest BCUT2D eigenvalue weighted by atomic mass is 10.1. The number of carbonyl (C=O) groups is 4. The number of rotatable bonds is 8. The first-order valence-corrected chi connectivity index (χ1v) is 11.5. The summed E-state index contributed by atoms with van der Waals surface area (Å²) in [4.78, 5) is 49.3. The van der Waals surface area contributed by atoms with Crippen molar-refractivity contribution in [2.24, 2.45) is 11.8 Å². The molecule has 0 aliphatic carbocycles. The van der Waals surface area contributed by atoms with E-state index in [1.807, 2.05) is 0 Å². The Labute approximate surface area is 195 Å². The van der Waals surface area contributed by atoms with E-state index in [1.165, 1.54) is 11.0 Å². The summed E-state index contributed by atoms with van der Waals surface area (Å²) in [7, 11) is 0. The van der Waals surface area contributed by atoms with Gasteiger partial charge < -0.3 is 15.5 Å². The van der Waals surface area contributed by atoms with E-state index in [9.17, 15) is 19.2 Å². The first-order chi connectivity index (χ1) is 14.0. The fraction of sp³-hybridized carbons (Fsp3) is 0.579. The van der Waals surface area contributed by atoms with Gasteiger partial charge in [-0.2, -0.15) is 0 Å². The van der Waals surface area contributed by atoms with Gasteiger partial charge in [-0.25, -0.2) is 0 Å². The third-order valence-electron chi connectivity index (χ3n) is 3.75. The maximum Gasteiger partial charge on any atom is 0.261 e. The number of halogens is 3. The molecule has 0 aromatic carbocycles. The Hall–Kier alpha value is -1.35. The molecule has 0 unspecified atom stereocenters. The predicted octanol–water partition coefficient (Wildman–Crippen LogP) is 3.22. The first kappa shape index (κ1) is 26.7.